The van der Waals surface area contributed by atoms with E-state index in [1.807, 2.05) is 0 Å². The Labute approximate surface area is 90.1 Å². The Kier molecular flexibility index (Phi) is 4.69. The molecule has 0 saturated carbocycles. The fourth-order valence-electron chi connectivity index (χ4n) is 1.31. The summed E-state index contributed by atoms with van der Waals surface area (Å²) in [4.78, 5) is 0. The van der Waals surface area contributed by atoms with E-state index < -0.39 is 15.3 Å². The van der Waals surface area contributed by atoms with Gasteiger partial charge in [0.05, 0.1) is 5.25 Å². The van der Waals surface area contributed by atoms with E-state index in [-0.39, 0.29) is 12.6 Å². The zero-order chi connectivity index (χ0) is 10.6. The summed E-state index contributed by atoms with van der Waals surface area (Å²) in [5, 5.41) is -0.491. The summed E-state index contributed by atoms with van der Waals surface area (Å²) < 4.78 is 26.0. The maximum Gasteiger partial charge on any atom is 0.215 e. The van der Waals surface area contributed by atoms with Crippen molar-refractivity contribution in [3.05, 3.63) is 0 Å². The van der Waals surface area contributed by atoms with Crippen LogP contribution >= 0.6 is 11.8 Å². The number of rotatable bonds is 4. The first-order valence-electron chi connectivity index (χ1n) is 4.85. The number of hydrogen-bond acceptors (Lipinski definition) is 4. The minimum atomic E-state index is -3.20. The quantitative estimate of drug-likeness (QED) is 0.731. The lowest BCUT2D eigenvalue weighted by molar-refractivity contribution is 0.534. The topological polar surface area (TPSA) is 72.2 Å². The molecular weight excluding hydrogens is 220 g/mol. The van der Waals surface area contributed by atoms with Crippen molar-refractivity contribution in [2.75, 3.05) is 18.1 Å². The molecule has 2 unspecified atom stereocenters. The third kappa shape index (κ3) is 3.42. The van der Waals surface area contributed by atoms with Crippen molar-refractivity contribution in [2.24, 2.45) is 5.73 Å². The SMILES string of the molecule is CC(CN)S(=O)(=O)NC1CCCSC1. The summed E-state index contributed by atoms with van der Waals surface area (Å²) in [5.41, 5.74) is 5.34. The van der Waals surface area contributed by atoms with Crippen LogP contribution < -0.4 is 10.5 Å². The van der Waals surface area contributed by atoms with Gasteiger partial charge in [0, 0.05) is 18.3 Å². The van der Waals surface area contributed by atoms with E-state index in [1.165, 1.54) is 0 Å². The third-order valence-electron chi connectivity index (χ3n) is 2.35. The third-order valence-corrected chi connectivity index (χ3v) is 5.48. The van der Waals surface area contributed by atoms with Gasteiger partial charge in [-0.3, -0.25) is 0 Å². The summed E-state index contributed by atoms with van der Waals surface area (Å²) in [6.45, 7) is 1.81. The lowest BCUT2D eigenvalue weighted by Crippen LogP contribution is -2.44. The first-order chi connectivity index (χ1) is 6.56. The maximum atomic E-state index is 11.6. The number of hydrogen-bond donors (Lipinski definition) is 2. The average molecular weight is 238 g/mol. The first-order valence-corrected chi connectivity index (χ1v) is 7.55. The second-order valence-electron chi connectivity index (χ2n) is 3.62. The van der Waals surface area contributed by atoms with E-state index in [2.05, 4.69) is 4.72 Å². The highest BCUT2D eigenvalue weighted by molar-refractivity contribution is 7.99. The molecule has 3 N–H and O–H groups in total. The van der Waals surface area contributed by atoms with Gasteiger partial charge in [-0.1, -0.05) is 0 Å². The Morgan fingerprint density at radius 3 is 2.86 bits per heavy atom. The number of nitrogens with two attached hydrogens (primary N) is 1. The second kappa shape index (κ2) is 5.34. The standard InChI is InChI=1S/C8H18N2O2S2/c1-7(5-9)14(11,12)10-8-3-2-4-13-6-8/h7-8,10H,2-6,9H2,1H3. The fourth-order valence-corrected chi connectivity index (χ4v) is 3.64. The normalized spacial score (nSPS) is 26.0. The van der Waals surface area contributed by atoms with Crippen LogP contribution in [0, 0.1) is 0 Å². The van der Waals surface area contributed by atoms with E-state index in [0.717, 1.165) is 24.3 Å². The molecule has 14 heavy (non-hydrogen) atoms. The smallest absolute Gasteiger partial charge is 0.215 e. The number of nitrogens with one attached hydrogen (secondary N) is 1. The summed E-state index contributed by atoms with van der Waals surface area (Å²) in [6.07, 6.45) is 2.04. The van der Waals surface area contributed by atoms with Crippen LogP contribution in [0.3, 0.4) is 0 Å². The highest BCUT2D eigenvalue weighted by Crippen LogP contribution is 2.17. The van der Waals surface area contributed by atoms with Gasteiger partial charge >= 0.3 is 0 Å². The van der Waals surface area contributed by atoms with Gasteiger partial charge in [-0.25, -0.2) is 13.1 Å². The van der Waals surface area contributed by atoms with Gasteiger partial charge in [0.25, 0.3) is 0 Å². The minimum absolute atomic E-state index is 0.104. The van der Waals surface area contributed by atoms with Gasteiger partial charge in [0.15, 0.2) is 0 Å². The molecule has 0 radical (unpaired) electrons. The van der Waals surface area contributed by atoms with Crippen LogP contribution in [0.2, 0.25) is 0 Å². The molecule has 0 spiro atoms. The minimum Gasteiger partial charge on any atom is -0.329 e. The predicted molar refractivity (Wildman–Crippen MR) is 60.9 cm³/mol. The lowest BCUT2D eigenvalue weighted by atomic mass is 10.2. The second-order valence-corrected chi connectivity index (χ2v) is 6.90. The highest BCUT2D eigenvalue weighted by atomic mass is 32.2. The zero-order valence-electron chi connectivity index (χ0n) is 8.40. The monoisotopic (exact) mass is 238 g/mol. The Morgan fingerprint density at radius 1 is 1.64 bits per heavy atom. The Morgan fingerprint density at radius 2 is 2.36 bits per heavy atom. The molecule has 1 aliphatic rings. The molecule has 1 saturated heterocycles. The van der Waals surface area contributed by atoms with Gasteiger partial charge in [-0.15, -0.1) is 0 Å². The zero-order valence-corrected chi connectivity index (χ0v) is 10.0. The van der Waals surface area contributed by atoms with E-state index in [0.29, 0.717) is 0 Å². The van der Waals surface area contributed by atoms with E-state index >= 15 is 0 Å². The Balaban J connectivity index is 2.49. The highest BCUT2D eigenvalue weighted by Gasteiger charge is 2.24. The van der Waals surface area contributed by atoms with Crippen molar-refractivity contribution in [1.82, 2.24) is 4.72 Å². The van der Waals surface area contributed by atoms with Crippen LogP contribution in [0.1, 0.15) is 19.8 Å². The van der Waals surface area contributed by atoms with Crippen molar-refractivity contribution in [3.8, 4) is 0 Å². The lowest BCUT2D eigenvalue weighted by Gasteiger charge is -2.23. The van der Waals surface area contributed by atoms with Crippen LogP contribution in [0.5, 0.6) is 0 Å². The summed E-state index contributed by atoms with van der Waals surface area (Å²) in [6, 6.07) is 0.104. The van der Waals surface area contributed by atoms with Gasteiger partial charge in [-0.2, -0.15) is 11.8 Å². The molecule has 0 aromatic rings. The van der Waals surface area contributed by atoms with Gasteiger partial charge in [-0.05, 0) is 25.5 Å². The summed E-state index contributed by atoms with van der Waals surface area (Å²) in [7, 11) is -3.20. The molecular formula is C8H18N2O2S2. The first kappa shape index (κ1) is 12.3. The number of thioether (sulfide) groups is 1. The van der Waals surface area contributed by atoms with Crippen molar-refractivity contribution in [1.29, 1.82) is 0 Å². The van der Waals surface area contributed by atoms with Crippen molar-refractivity contribution < 1.29 is 8.42 Å². The molecule has 84 valence electrons. The van der Waals surface area contributed by atoms with Crippen molar-refractivity contribution >= 4 is 21.8 Å². The molecule has 6 heteroatoms. The van der Waals surface area contributed by atoms with E-state index in [4.69, 9.17) is 5.73 Å². The molecule has 1 rings (SSSR count). The Bertz CT molecular complexity index is 261. The molecule has 1 fully saturated rings. The molecule has 4 nitrogen and oxygen atoms in total. The molecule has 2 atom stereocenters. The average Bonchev–Trinajstić information content (AvgIpc) is 2.17. The molecule has 0 amide bonds. The van der Waals surface area contributed by atoms with Crippen LogP contribution in [0.15, 0.2) is 0 Å². The predicted octanol–water partition coefficient (Wildman–Crippen LogP) is 0.149. The molecule has 1 heterocycles. The van der Waals surface area contributed by atoms with Crippen molar-refractivity contribution in [3.63, 3.8) is 0 Å². The van der Waals surface area contributed by atoms with Crippen LogP contribution in [0.25, 0.3) is 0 Å². The fraction of sp³-hybridized carbons (Fsp3) is 1.00. The maximum absolute atomic E-state index is 11.6. The molecule has 0 aromatic carbocycles. The van der Waals surface area contributed by atoms with Crippen LogP contribution in [0.4, 0.5) is 0 Å². The van der Waals surface area contributed by atoms with Crippen LogP contribution in [-0.4, -0.2) is 37.8 Å². The van der Waals surface area contributed by atoms with E-state index in [1.54, 1.807) is 18.7 Å². The Hall–Kier alpha value is 0.220. The molecule has 0 aliphatic carbocycles. The van der Waals surface area contributed by atoms with Gasteiger partial charge in [0.1, 0.15) is 0 Å². The molecule has 1 aliphatic heterocycles. The summed E-state index contributed by atoms with van der Waals surface area (Å²) >= 11 is 1.80. The largest absolute Gasteiger partial charge is 0.329 e. The van der Waals surface area contributed by atoms with Crippen molar-refractivity contribution in [2.45, 2.75) is 31.1 Å². The number of sulfonamides is 1. The van der Waals surface area contributed by atoms with Gasteiger partial charge in [0.2, 0.25) is 10.0 Å². The van der Waals surface area contributed by atoms with Crippen LogP contribution in [-0.2, 0) is 10.0 Å². The summed E-state index contributed by atoms with van der Waals surface area (Å²) in [5.74, 6) is 2.03. The van der Waals surface area contributed by atoms with Gasteiger partial charge < -0.3 is 5.73 Å². The molecule has 0 aromatic heterocycles. The van der Waals surface area contributed by atoms with E-state index in [9.17, 15) is 8.42 Å². The molecule has 0 bridgehead atoms.